The Hall–Kier alpha value is -1.32. The van der Waals surface area contributed by atoms with Crippen molar-refractivity contribution in [2.75, 3.05) is 0 Å². The molecule has 0 saturated heterocycles. The van der Waals surface area contributed by atoms with Crippen molar-refractivity contribution >= 4 is 22.7 Å². The van der Waals surface area contributed by atoms with Crippen molar-refractivity contribution in [2.24, 2.45) is 0 Å². The topological polar surface area (TPSA) is 15.8 Å². The number of hydrogen-bond acceptors (Lipinski definition) is 2. The van der Waals surface area contributed by atoms with Crippen LogP contribution in [0.3, 0.4) is 0 Å². The van der Waals surface area contributed by atoms with Gasteiger partial charge in [-0.2, -0.15) is 22.7 Å². The van der Waals surface area contributed by atoms with Crippen LogP contribution in [0.15, 0.2) is 70.3 Å². The third-order valence-electron chi connectivity index (χ3n) is 1.35. The van der Waals surface area contributed by atoms with Crippen LogP contribution in [-0.4, -0.2) is 4.98 Å². The van der Waals surface area contributed by atoms with Crippen molar-refractivity contribution in [3.05, 3.63) is 70.3 Å². The number of aromatic nitrogens is 1. The van der Waals surface area contributed by atoms with Crippen LogP contribution in [0, 0.1) is 0 Å². The van der Waals surface area contributed by atoms with Gasteiger partial charge in [0.05, 0.1) is 0 Å². The molecule has 0 fully saturated rings. The lowest BCUT2D eigenvalue weighted by molar-refractivity contribution is 1.42. The van der Waals surface area contributed by atoms with Crippen LogP contribution < -0.4 is 0 Å². The summed E-state index contributed by atoms with van der Waals surface area (Å²) in [4.78, 5) is 2.86. The van der Waals surface area contributed by atoms with Crippen LogP contribution in [0.5, 0.6) is 0 Å². The van der Waals surface area contributed by atoms with Gasteiger partial charge >= 0.3 is 0 Å². The summed E-state index contributed by atoms with van der Waals surface area (Å²) in [5.41, 5.74) is 0. The Bertz CT molecular complexity index is 246. The van der Waals surface area contributed by atoms with Crippen LogP contribution in [0.2, 0.25) is 0 Å². The van der Waals surface area contributed by atoms with Gasteiger partial charge in [0.2, 0.25) is 0 Å². The van der Waals surface area contributed by atoms with Crippen LogP contribution in [-0.2, 0) is 0 Å². The van der Waals surface area contributed by atoms with Crippen LogP contribution >= 0.6 is 22.7 Å². The number of hydrogen-bond donors (Lipinski definition) is 1. The summed E-state index contributed by atoms with van der Waals surface area (Å²) in [6.45, 7) is 0. The molecule has 0 spiro atoms. The third kappa shape index (κ3) is 7.73. The average molecular weight is 235 g/mol. The summed E-state index contributed by atoms with van der Waals surface area (Å²) in [6.07, 6.45) is 3.75. The van der Waals surface area contributed by atoms with E-state index in [0.717, 1.165) is 0 Å². The predicted octanol–water partition coefficient (Wildman–Crippen LogP) is 4.51. The number of rotatable bonds is 0. The first-order valence-corrected chi connectivity index (χ1v) is 6.41. The van der Waals surface area contributed by atoms with E-state index in [1.807, 2.05) is 70.3 Å². The fraction of sp³-hybridized carbons (Fsp3) is 0. The molecule has 0 aliphatic rings. The minimum atomic E-state index is 1.71. The number of aromatic amines is 1. The molecule has 0 aromatic carbocycles. The Labute approximate surface area is 98.0 Å². The maximum Gasteiger partial charge on any atom is 0.000496 e. The highest BCUT2D eigenvalue weighted by atomic mass is 32.1. The third-order valence-corrected chi connectivity index (χ3v) is 2.60. The second-order valence-electron chi connectivity index (χ2n) is 2.47. The molecule has 3 rings (SSSR count). The summed E-state index contributed by atoms with van der Waals surface area (Å²) < 4.78 is 0. The van der Waals surface area contributed by atoms with Gasteiger partial charge in [-0.15, -0.1) is 0 Å². The molecule has 3 heterocycles. The van der Waals surface area contributed by atoms with Gasteiger partial charge < -0.3 is 4.98 Å². The quantitative estimate of drug-likeness (QED) is 0.590. The molecule has 15 heavy (non-hydrogen) atoms. The van der Waals surface area contributed by atoms with E-state index in [0.29, 0.717) is 0 Å². The van der Waals surface area contributed by atoms with Crippen LogP contribution in [0.4, 0.5) is 0 Å². The van der Waals surface area contributed by atoms with Crippen molar-refractivity contribution in [3.63, 3.8) is 0 Å². The second kappa shape index (κ2) is 9.24. The SMILES string of the molecule is c1cc[nH]c1.c1ccsc1.c1ccsc1. The fourth-order valence-electron chi connectivity index (χ4n) is 0.731. The highest BCUT2D eigenvalue weighted by Crippen LogP contribution is 1.92. The van der Waals surface area contributed by atoms with E-state index in [2.05, 4.69) is 4.98 Å². The Balaban J connectivity index is 0.000000112. The van der Waals surface area contributed by atoms with Gasteiger partial charge in [-0.1, -0.05) is 24.3 Å². The van der Waals surface area contributed by atoms with Crippen molar-refractivity contribution in [1.29, 1.82) is 0 Å². The molecule has 1 N–H and O–H groups in total. The number of H-pyrrole nitrogens is 1. The Morgan fingerprint density at radius 3 is 1.07 bits per heavy atom. The van der Waals surface area contributed by atoms with Gasteiger partial charge in [0.15, 0.2) is 0 Å². The smallest absolute Gasteiger partial charge is 0.000496 e. The van der Waals surface area contributed by atoms with Gasteiger partial charge in [0.1, 0.15) is 0 Å². The highest BCUT2D eigenvalue weighted by Gasteiger charge is 1.59. The second-order valence-corrected chi connectivity index (χ2v) is 4.10. The minimum Gasteiger partial charge on any atom is -0.368 e. The van der Waals surface area contributed by atoms with E-state index in [-0.39, 0.29) is 0 Å². The minimum absolute atomic E-state index is 1.71. The zero-order valence-electron chi connectivity index (χ0n) is 8.24. The molecule has 0 amide bonds. The van der Waals surface area contributed by atoms with Gasteiger partial charge in [0, 0.05) is 12.4 Å². The van der Waals surface area contributed by atoms with E-state index in [1.165, 1.54) is 0 Å². The number of nitrogens with one attached hydrogen (secondary N) is 1. The molecular formula is C12H13NS2. The fourth-order valence-corrected chi connectivity index (χ4v) is 1.64. The molecule has 3 aromatic heterocycles. The van der Waals surface area contributed by atoms with E-state index >= 15 is 0 Å². The van der Waals surface area contributed by atoms with Gasteiger partial charge in [-0.25, -0.2) is 0 Å². The van der Waals surface area contributed by atoms with E-state index in [4.69, 9.17) is 0 Å². The van der Waals surface area contributed by atoms with E-state index in [1.54, 1.807) is 22.7 Å². The van der Waals surface area contributed by atoms with Crippen molar-refractivity contribution in [2.45, 2.75) is 0 Å². The summed E-state index contributed by atoms with van der Waals surface area (Å²) in [5, 5.41) is 8.17. The standard InChI is InChI=1S/C4H5N.2C4H4S/c3*1-2-4-5-3-1/h1-5H;2*1-4H. The van der Waals surface area contributed by atoms with Gasteiger partial charge in [-0.3, -0.25) is 0 Å². The Morgan fingerprint density at radius 1 is 0.533 bits per heavy atom. The Kier molecular flexibility index (Phi) is 7.24. The molecular weight excluding hydrogens is 222 g/mol. The first-order chi connectivity index (χ1) is 7.50. The number of thiophene rings is 2. The highest BCUT2D eigenvalue weighted by molar-refractivity contribution is 7.08. The van der Waals surface area contributed by atoms with Crippen LogP contribution in [0.25, 0.3) is 0 Å². The van der Waals surface area contributed by atoms with Crippen molar-refractivity contribution < 1.29 is 0 Å². The lowest BCUT2D eigenvalue weighted by atomic mass is 10.7. The van der Waals surface area contributed by atoms with Gasteiger partial charge in [-0.05, 0) is 33.7 Å². The predicted molar refractivity (Wildman–Crippen MR) is 69.4 cm³/mol. The zero-order chi connectivity index (χ0) is 10.6. The molecule has 78 valence electrons. The lowest BCUT2D eigenvalue weighted by Crippen LogP contribution is -1.38. The normalized spacial score (nSPS) is 8.00. The monoisotopic (exact) mass is 235 g/mol. The van der Waals surface area contributed by atoms with Crippen molar-refractivity contribution in [3.8, 4) is 0 Å². The van der Waals surface area contributed by atoms with E-state index in [9.17, 15) is 0 Å². The molecule has 0 atom stereocenters. The Morgan fingerprint density at radius 2 is 0.933 bits per heavy atom. The molecule has 0 bridgehead atoms. The summed E-state index contributed by atoms with van der Waals surface area (Å²) in [7, 11) is 0. The zero-order valence-corrected chi connectivity index (χ0v) is 9.88. The molecule has 1 nitrogen and oxygen atoms in total. The molecule has 0 unspecified atom stereocenters. The average Bonchev–Trinajstić information content (AvgIpc) is 3.09. The van der Waals surface area contributed by atoms with E-state index < -0.39 is 0 Å². The molecule has 3 heteroatoms. The molecule has 0 radical (unpaired) electrons. The largest absolute Gasteiger partial charge is 0.368 e. The maximum atomic E-state index is 2.86. The summed E-state index contributed by atoms with van der Waals surface area (Å²) in [5.74, 6) is 0. The first-order valence-electron chi connectivity index (χ1n) is 4.52. The summed E-state index contributed by atoms with van der Waals surface area (Å²) >= 11 is 3.43. The summed E-state index contributed by atoms with van der Waals surface area (Å²) in [6, 6.07) is 12.0. The van der Waals surface area contributed by atoms with Gasteiger partial charge in [0.25, 0.3) is 0 Å². The maximum absolute atomic E-state index is 2.86. The molecule has 0 aliphatic carbocycles. The molecule has 0 aliphatic heterocycles. The lowest BCUT2D eigenvalue weighted by Gasteiger charge is -1.49. The molecule has 0 saturated carbocycles. The first kappa shape index (κ1) is 11.8. The van der Waals surface area contributed by atoms with Crippen LogP contribution in [0.1, 0.15) is 0 Å². The molecule has 3 aromatic rings. The van der Waals surface area contributed by atoms with Crippen molar-refractivity contribution in [1.82, 2.24) is 4.98 Å².